The van der Waals surface area contributed by atoms with Crippen molar-refractivity contribution in [1.82, 2.24) is 4.98 Å². The van der Waals surface area contributed by atoms with E-state index in [1.807, 2.05) is 6.20 Å². The molecule has 0 radical (unpaired) electrons. The summed E-state index contributed by atoms with van der Waals surface area (Å²) in [6.45, 7) is 7.11. The zero-order valence-corrected chi connectivity index (χ0v) is 37.2. The molecule has 7 aromatic carbocycles. The fourth-order valence-electron chi connectivity index (χ4n) is 14.4. The molecule has 1 aromatic heterocycles. The Morgan fingerprint density at radius 1 is 0.484 bits per heavy atom. The quantitative estimate of drug-likeness (QED) is 0.159. The molecule has 2 nitrogen and oxygen atoms in total. The minimum atomic E-state index is -0.520. The van der Waals surface area contributed by atoms with Gasteiger partial charge in [-0.1, -0.05) is 159 Å². The first-order chi connectivity index (χ1) is 31.3. The van der Waals surface area contributed by atoms with Gasteiger partial charge in [0, 0.05) is 22.9 Å². The van der Waals surface area contributed by atoms with E-state index in [2.05, 4.69) is 202 Å². The highest BCUT2D eigenvalue weighted by atomic mass is 15.2. The fourth-order valence-corrected chi connectivity index (χ4v) is 14.4. The van der Waals surface area contributed by atoms with Gasteiger partial charge < -0.3 is 4.90 Å². The molecule has 0 saturated heterocycles. The van der Waals surface area contributed by atoms with Crippen molar-refractivity contribution in [3.8, 4) is 33.5 Å². The normalized spacial score (nSPS) is 22.4. The summed E-state index contributed by atoms with van der Waals surface area (Å²) < 4.78 is 0. The van der Waals surface area contributed by atoms with Crippen LogP contribution in [0.3, 0.4) is 0 Å². The Labute approximate surface area is 378 Å². The Hall–Kier alpha value is -6.51. The van der Waals surface area contributed by atoms with Crippen LogP contribution in [0.4, 0.5) is 17.1 Å². The second-order valence-corrected chi connectivity index (χ2v) is 20.6. The number of anilines is 3. The van der Waals surface area contributed by atoms with Crippen LogP contribution in [-0.2, 0) is 16.2 Å². The molecule has 0 N–H and O–H groups in total. The molecular weight excluding hydrogens is 773 g/mol. The number of aromatic nitrogens is 1. The van der Waals surface area contributed by atoms with Gasteiger partial charge in [-0.3, -0.25) is 4.98 Å². The van der Waals surface area contributed by atoms with E-state index >= 15 is 0 Å². The molecule has 4 bridgehead atoms. The van der Waals surface area contributed by atoms with Gasteiger partial charge in [-0.25, -0.2) is 0 Å². The summed E-state index contributed by atoms with van der Waals surface area (Å²) in [5, 5.41) is 0. The van der Waals surface area contributed by atoms with Crippen molar-refractivity contribution in [2.75, 3.05) is 4.90 Å². The third-order valence-corrected chi connectivity index (χ3v) is 16.6. The average Bonchev–Trinajstić information content (AvgIpc) is 3.75. The molecule has 0 unspecified atom stereocenters. The molecule has 312 valence electrons. The number of para-hydroxylation sites is 1. The molecule has 0 spiro atoms. The van der Waals surface area contributed by atoms with Crippen LogP contribution in [0.15, 0.2) is 182 Å². The van der Waals surface area contributed by atoms with Crippen molar-refractivity contribution >= 4 is 17.1 Å². The van der Waals surface area contributed by atoms with E-state index in [-0.39, 0.29) is 10.8 Å². The van der Waals surface area contributed by atoms with Crippen molar-refractivity contribution in [1.29, 1.82) is 0 Å². The number of pyridine rings is 1. The number of aryl methyl sites for hydroxylation is 1. The molecule has 4 saturated carbocycles. The van der Waals surface area contributed by atoms with E-state index in [9.17, 15) is 0 Å². The number of rotatable bonds is 7. The van der Waals surface area contributed by atoms with Crippen molar-refractivity contribution in [2.45, 2.75) is 75.5 Å². The Bertz CT molecular complexity index is 3050. The summed E-state index contributed by atoms with van der Waals surface area (Å²) >= 11 is 0. The summed E-state index contributed by atoms with van der Waals surface area (Å²) in [6.07, 6.45) is 10.3. The summed E-state index contributed by atoms with van der Waals surface area (Å²) in [6, 6.07) is 66.8. The van der Waals surface area contributed by atoms with Crippen LogP contribution in [0, 0.1) is 24.7 Å². The van der Waals surface area contributed by atoms with Gasteiger partial charge in [0.05, 0.1) is 22.5 Å². The molecular formula is C62H54N2. The van der Waals surface area contributed by atoms with E-state index in [0.717, 1.165) is 45.9 Å². The maximum atomic E-state index is 5.09. The zero-order chi connectivity index (χ0) is 42.8. The molecule has 0 atom stereocenters. The van der Waals surface area contributed by atoms with Crippen LogP contribution < -0.4 is 4.90 Å². The standard InChI is InChI=1S/C62H54N2/c1-40-26-30-55(63-39-40)50-22-12-15-25-56(50)64(46-27-28-48-47-20-10-14-24-52(47)62(54(48)35-46,44-16-6-4-7-17-44)45-18-8-5-9-19-45)57-31-29-53(61-36-41-32-42(37-61)34-43(33-41)38-61)58-49-21-11-13-23-51(49)60(2,3)59(57)58/h4-31,35,39,41-43H,32-34,36-38H2,1-3H3. The highest BCUT2D eigenvalue weighted by molar-refractivity contribution is 5.97. The number of hydrogen-bond donors (Lipinski definition) is 0. The van der Waals surface area contributed by atoms with Gasteiger partial charge in [-0.2, -0.15) is 0 Å². The Morgan fingerprint density at radius 2 is 1.06 bits per heavy atom. The predicted octanol–water partition coefficient (Wildman–Crippen LogP) is 15.7. The molecule has 6 aliphatic rings. The monoisotopic (exact) mass is 826 g/mol. The highest BCUT2D eigenvalue weighted by Crippen LogP contribution is 2.66. The summed E-state index contributed by atoms with van der Waals surface area (Å²) in [5.41, 5.74) is 21.5. The molecule has 4 fully saturated rings. The molecule has 0 aliphatic heterocycles. The molecule has 2 heteroatoms. The van der Waals surface area contributed by atoms with E-state index in [1.165, 1.54) is 99.8 Å². The lowest BCUT2D eigenvalue weighted by molar-refractivity contribution is -0.00493. The lowest BCUT2D eigenvalue weighted by atomic mass is 9.47. The van der Waals surface area contributed by atoms with Crippen molar-refractivity contribution in [3.63, 3.8) is 0 Å². The van der Waals surface area contributed by atoms with Crippen LogP contribution >= 0.6 is 0 Å². The SMILES string of the molecule is Cc1ccc(-c2ccccc2N(c2ccc3c(c2)C(c2ccccc2)(c2ccccc2)c2ccccc2-3)c2ccc(C34CC5CC(CC(C5)C3)C4)c3c2C(C)(C)c2ccccc2-3)nc1. The fraction of sp³-hybridized carbons (Fsp3) is 0.242. The van der Waals surface area contributed by atoms with Gasteiger partial charge in [-0.15, -0.1) is 0 Å². The zero-order valence-electron chi connectivity index (χ0n) is 37.2. The van der Waals surface area contributed by atoms with Crippen LogP contribution in [0.2, 0.25) is 0 Å². The van der Waals surface area contributed by atoms with Crippen LogP contribution in [0.5, 0.6) is 0 Å². The lowest BCUT2D eigenvalue weighted by Crippen LogP contribution is -2.48. The molecule has 64 heavy (non-hydrogen) atoms. The lowest BCUT2D eigenvalue weighted by Gasteiger charge is -2.57. The van der Waals surface area contributed by atoms with Gasteiger partial charge in [0.25, 0.3) is 0 Å². The van der Waals surface area contributed by atoms with E-state index in [1.54, 1.807) is 5.56 Å². The number of fused-ring (bicyclic) bond motifs is 6. The molecule has 1 heterocycles. The van der Waals surface area contributed by atoms with Gasteiger partial charge in [0.15, 0.2) is 0 Å². The van der Waals surface area contributed by atoms with Crippen molar-refractivity contribution < 1.29 is 0 Å². The van der Waals surface area contributed by atoms with Crippen LogP contribution in [-0.4, -0.2) is 4.98 Å². The Balaban J connectivity index is 1.11. The van der Waals surface area contributed by atoms with Crippen LogP contribution in [0.1, 0.15) is 96.9 Å². The first-order valence-corrected chi connectivity index (χ1v) is 23.8. The third-order valence-electron chi connectivity index (χ3n) is 16.6. The van der Waals surface area contributed by atoms with Crippen molar-refractivity contribution in [3.05, 3.63) is 227 Å². The van der Waals surface area contributed by atoms with Gasteiger partial charge in [0.2, 0.25) is 0 Å². The molecule has 6 aliphatic carbocycles. The molecule has 8 aromatic rings. The first kappa shape index (κ1) is 38.0. The second kappa shape index (κ2) is 14.0. The van der Waals surface area contributed by atoms with Crippen LogP contribution in [0.25, 0.3) is 33.5 Å². The van der Waals surface area contributed by atoms with Gasteiger partial charge >= 0.3 is 0 Å². The molecule has 0 amide bonds. The van der Waals surface area contributed by atoms with E-state index < -0.39 is 5.41 Å². The topological polar surface area (TPSA) is 16.1 Å². The Morgan fingerprint density at radius 3 is 1.72 bits per heavy atom. The minimum absolute atomic E-state index is 0.236. The van der Waals surface area contributed by atoms with E-state index in [4.69, 9.17) is 4.98 Å². The number of nitrogens with zero attached hydrogens (tertiary/aromatic N) is 2. The number of hydrogen-bond acceptors (Lipinski definition) is 2. The number of benzene rings is 7. The highest BCUT2D eigenvalue weighted by Gasteiger charge is 2.54. The van der Waals surface area contributed by atoms with E-state index in [0.29, 0.717) is 0 Å². The second-order valence-electron chi connectivity index (χ2n) is 20.6. The largest absolute Gasteiger partial charge is 0.309 e. The van der Waals surface area contributed by atoms with Gasteiger partial charge in [-0.05, 0) is 166 Å². The summed E-state index contributed by atoms with van der Waals surface area (Å²) in [4.78, 5) is 7.72. The Kier molecular flexibility index (Phi) is 8.31. The average molecular weight is 827 g/mol. The summed E-state index contributed by atoms with van der Waals surface area (Å²) in [5.74, 6) is 2.59. The minimum Gasteiger partial charge on any atom is -0.309 e. The van der Waals surface area contributed by atoms with Crippen molar-refractivity contribution in [2.24, 2.45) is 17.8 Å². The van der Waals surface area contributed by atoms with Gasteiger partial charge in [0.1, 0.15) is 0 Å². The maximum Gasteiger partial charge on any atom is 0.0723 e. The predicted molar refractivity (Wildman–Crippen MR) is 264 cm³/mol. The molecule has 14 rings (SSSR count). The maximum absolute atomic E-state index is 5.09. The third kappa shape index (κ3) is 5.35. The first-order valence-electron chi connectivity index (χ1n) is 23.8. The summed E-state index contributed by atoms with van der Waals surface area (Å²) in [7, 11) is 0. The smallest absolute Gasteiger partial charge is 0.0723 e.